The van der Waals surface area contributed by atoms with Crippen molar-refractivity contribution in [2.75, 3.05) is 31.9 Å². The SMILES string of the molecule is CCNC(=O)N1CC2C(CN)(CCCS2(=O)=O)C1. The lowest BCUT2D eigenvalue weighted by molar-refractivity contribution is 0.198. The van der Waals surface area contributed by atoms with Gasteiger partial charge < -0.3 is 16.0 Å². The quantitative estimate of drug-likeness (QED) is 0.714. The molecule has 2 aliphatic rings. The topological polar surface area (TPSA) is 92.5 Å². The highest BCUT2D eigenvalue weighted by Crippen LogP contribution is 2.42. The fourth-order valence-corrected chi connectivity index (χ4v) is 5.45. The second kappa shape index (κ2) is 4.70. The van der Waals surface area contributed by atoms with E-state index in [2.05, 4.69) is 5.32 Å². The number of urea groups is 1. The minimum Gasteiger partial charge on any atom is -0.338 e. The van der Waals surface area contributed by atoms with E-state index < -0.39 is 20.5 Å². The van der Waals surface area contributed by atoms with E-state index in [0.717, 1.165) is 6.42 Å². The Bertz CT molecular complexity index is 437. The smallest absolute Gasteiger partial charge is 0.317 e. The predicted octanol–water partition coefficient (Wildman–Crippen LogP) is -0.446. The van der Waals surface area contributed by atoms with Gasteiger partial charge in [0, 0.05) is 31.6 Å². The lowest BCUT2D eigenvalue weighted by atomic mass is 9.82. The number of rotatable bonds is 2. The standard InChI is InChI=1S/C11H21N3O3S/c1-2-13-10(15)14-6-9-11(7-12,8-14)4-3-5-18(9,16)17/h9H,2-8,12H2,1H3,(H,13,15). The van der Waals surface area contributed by atoms with Crippen LogP contribution in [0.2, 0.25) is 0 Å². The van der Waals surface area contributed by atoms with E-state index in [9.17, 15) is 13.2 Å². The van der Waals surface area contributed by atoms with Gasteiger partial charge in [0.15, 0.2) is 9.84 Å². The van der Waals surface area contributed by atoms with Crippen molar-refractivity contribution in [3.05, 3.63) is 0 Å². The van der Waals surface area contributed by atoms with Gasteiger partial charge in [0.25, 0.3) is 0 Å². The number of sulfone groups is 1. The number of nitrogens with zero attached hydrogens (tertiary/aromatic N) is 1. The van der Waals surface area contributed by atoms with Crippen LogP contribution in [0, 0.1) is 5.41 Å². The summed E-state index contributed by atoms with van der Waals surface area (Å²) >= 11 is 0. The molecule has 18 heavy (non-hydrogen) atoms. The van der Waals surface area contributed by atoms with Crippen molar-refractivity contribution in [3.8, 4) is 0 Å². The van der Waals surface area contributed by atoms with E-state index in [1.54, 1.807) is 4.90 Å². The van der Waals surface area contributed by atoms with Crippen LogP contribution in [0.4, 0.5) is 4.79 Å². The van der Waals surface area contributed by atoms with E-state index in [4.69, 9.17) is 5.73 Å². The van der Waals surface area contributed by atoms with Gasteiger partial charge in [0.1, 0.15) is 0 Å². The molecule has 104 valence electrons. The Morgan fingerprint density at radius 3 is 2.83 bits per heavy atom. The molecule has 2 heterocycles. The first-order valence-electron chi connectivity index (χ1n) is 6.39. The van der Waals surface area contributed by atoms with Crippen LogP contribution in [0.5, 0.6) is 0 Å². The Balaban J connectivity index is 2.24. The monoisotopic (exact) mass is 275 g/mol. The van der Waals surface area contributed by atoms with Crippen LogP contribution in [0.3, 0.4) is 0 Å². The third-order valence-corrected chi connectivity index (χ3v) is 6.51. The second-order valence-electron chi connectivity index (χ2n) is 5.24. The molecule has 6 nitrogen and oxygen atoms in total. The van der Waals surface area contributed by atoms with Gasteiger partial charge in [-0.15, -0.1) is 0 Å². The van der Waals surface area contributed by atoms with Gasteiger partial charge in [0.2, 0.25) is 0 Å². The van der Waals surface area contributed by atoms with Crippen molar-refractivity contribution in [1.82, 2.24) is 10.2 Å². The zero-order chi connectivity index (χ0) is 13.4. The molecule has 2 unspecified atom stereocenters. The summed E-state index contributed by atoms with van der Waals surface area (Å²) in [6, 6.07) is -0.185. The lowest BCUT2D eigenvalue weighted by Gasteiger charge is -2.36. The van der Waals surface area contributed by atoms with Crippen molar-refractivity contribution in [2.45, 2.75) is 25.0 Å². The van der Waals surface area contributed by atoms with Crippen LogP contribution in [-0.4, -0.2) is 56.5 Å². The molecule has 0 bridgehead atoms. The van der Waals surface area contributed by atoms with Crippen LogP contribution in [0.25, 0.3) is 0 Å². The number of hydrogen-bond acceptors (Lipinski definition) is 4. The van der Waals surface area contributed by atoms with Crippen molar-refractivity contribution < 1.29 is 13.2 Å². The molecule has 0 saturated carbocycles. The van der Waals surface area contributed by atoms with Gasteiger partial charge in [-0.05, 0) is 19.8 Å². The van der Waals surface area contributed by atoms with Crippen LogP contribution < -0.4 is 11.1 Å². The summed E-state index contributed by atoms with van der Waals surface area (Å²) in [7, 11) is -3.11. The lowest BCUT2D eigenvalue weighted by Crippen LogP contribution is -2.49. The summed E-state index contributed by atoms with van der Waals surface area (Å²) in [4.78, 5) is 13.4. The van der Waals surface area contributed by atoms with Crippen LogP contribution in [-0.2, 0) is 9.84 Å². The number of carbonyl (C=O) groups excluding carboxylic acids is 1. The molecule has 2 amide bonds. The number of amides is 2. The molecule has 2 aliphatic heterocycles. The number of carbonyl (C=O) groups is 1. The number of nitrogens with one attached hydrogen (secondary N) is 1. The first-order chi connectivity index (χ1) is 8.45. The summed E-state index contributed by atoms with van der Waals surface area (Å²) in [6.07, 6.45) is 1.45. The van der Waals surface area contributed by atoms with E-state index in [1.807, 2.05) is 6.92 Å². The Labute approximate surface area is 108 Å². The maximum Gasteiger partial charge on any atom is 0.317 e. The van der Waals surface area contributed by atoms with E-state index in [-0.39, 0.29) is 18.3 Å². The van der Waals surface area contributed by atoms with Gasteiger partial charge in [-0.25, -0.2) is 13.2 Å². The predicted molar refractivity (Wildman–Crippen MR) is 68.9 cm³/mol. The molecular formula is C11H21N3O3S. The molecule has 2 fully saturated rings. The molecule has 7 heteroatoms. The number of hydrogen-bond donors (Lipinski definition) is 2. The van der Waals surface area contributed by atoms with Crippen LogP contribution in [0.15, 0.2) is 0 Å². The molecule has 0 aromatic heterocycles. The third kappa shape index (κ3) is 2.09. The van der Waals surface area contributed by atoms with Gasteiger partial charge >= 0.3 is 6.03 Å². The number of nitrogens with two attached hydrogens (primary N) is 1. The highest BCUT2D eigenvalue weighted by atomic mass is 32.2. The molecule has 3 N–H and O–H groups in total. The van der Waals surface area contributed by atoms with Gasteiger partial charge in [-0.3, -0.25) is 0 Å². The third-order valence-electron chi connectivity index (χ3n) is 4.13. The highest BCUT2D eigenvalue weighted by molar-refractivity contribution is 7.92. The fourth-order valence-electron chi connectivity index (χ4n) is 3.16. The minimum absolute atomic E-state index is 0.185. The van der Waals surface area contributed by atoms with Gasteiger partial charge in [-0.1, -0.05) is 0 Å². The molecular weight excluding hydrogens is 254 g/mol. The normalized spacial score (nSPS) is 34.1. The molecule has 2 rings (SSSR count). The summed E-state index contributed by atoms with van der Waals surface area (Å²) < 4.78 is 24.3. The summed E-state index contributed by atoms with van der Waals surface area (Å²) in [5, 5.41) is 2.24. The second-order valence-corrected chi connectivity index (χ2v) is 7.54. The highest BCUT2D eigenvalue weighted by Gasteiger charge is 2.54. The largest absolute Gasteiger partial charge is 0.338 e. The molecule has 0 radical (unpaired) electrons. The Kier molecular flexibility index (Phi) is 3.55. The minimum atomic E-state index is -3.11. The maximum absolute atomic E-state index is 12.1. The number of likely N-dealkylation sites (tertiary alicyclic amines) is 1. The van der Waals surface area contributed by atoms with Crippen molar-refractivity contribution in [1.29, 1.82) is 0 Å². The van der Waals surface area contributed by atoms with E-state index >= 15 is 0 Å². The average molecular weight is 275 g/mol. The van der Waals surface area contributed by atoms with Crippen molar-refractivity contribution in [2.24, 2.45) is 11.1 Å². The molecule has 2 atom stereocenters. The van der Waals surface area contributed by atoms with Crippen LogP contribution in [0.1, 0.15) is 19.8 Å². The molecule has 0 aromatic carbocycles. The first kappa shape index (κ1) is 13.6. The molecule has 0 spiro atoms. The van der Waals surface area contributed by atoms with E-state index in [0.29, 0.717) is 26.1 Å². The average Bonchev–Trinajstić information content (AvgIpc) is 2.71. The molecule has 0 aliphatic carbocycles. The molecule has 2 saturated heterocycles. The van der Waals surface area contributed by atoms with Gasteiger partial charge in [0.05, 0.1) is 11.0 Å². The fraction of sp³-hybridized carbons (Fsp3) is 0.909. The van der Waals surface area contributed by atoms with E-state index in [1.165, 1.54) is 0 Å². The Hall–Kier alpha value is -0.820. The summed E-state index contributed by atoms with van der Waals surface area (Å²) in [5.41, 5.74) is 5.39. The zero-order valence-corrected chi connectivity index (χ0v) is 11.5. The van der Waals surface area contributed by atoms with Crippen LogP contribution >= 0.6 is 0 Å². The Morgan fingerprint density at radius 1 is 1.56 bits per heavy atom. The summed E-state index contributed by atoms with van der Waals surface area (Å²) in [5.74, 6) is 0.225. The summed E-state index contributed by atoms with van der Waals surface area (Å²) in [6.45, 7) is 3.45. The Morgan fingerprint density at radius 2 is 2.28 bits per heavy atom. The van der Waals surface area contributed by atoms with Crippen molar-refractivity contribution in [3.63, 3.8) is 0 Å². The van der Waals surface area contributed by atoms with Gasteiger partial charge in [-0.2, -0.15) is 0 Å². The maximum atomic E-state index is 12.1. The number of fused-ring (bicyclic) bond motifs is 1. The van der Waals surface area contributed by atoms with Crippen molar-refractivity contribution >= 4 is 15.9 Å². The first-order valence-corrected chi connectivity index (χ1v) is 8.11. The zero-order valence-electron chi connectivity index (χ0n) is 10.7. The molecule has 0 aromatic rings.